The molecule has 0 amide bonds. The van der Waals surface area contributed by atoms with E-state index in [9.17, 15) is 5.11 Å². The molecule has 0 radical (unpaired) electrons. The summed E-state index contributed by atoms with van der Waals surface area (Å²) in [5.41, 5.74) is 1.29. The fraction of sp³-hybridized carbons (Fsp3) is 0.571. The average Bonchev–Trinajstić information content (AvgIpc) is 2.37. The van der Waals surface area contributed by atoms with Crippen molar-refractivity contribution >= 4 is 27.7 Å². The van der Waals surface area contributed by atoms with Crippen LogP contribution in [0.25, 0.3) is 0 Å². The molecule has 0 aliphatic rings. The Kier molecular flexibility index (Phi) is 7.30. The number of nitrogens with one attached hydrogen (secondary N) is 1. The van der Waals surface area contributed by atoms with Gasteiger partial charge >= 0.3 is 0 Å². The van der Waals surface area contributed by atoms with Crippen LogP contribution in [-0.4, -0.2) is 23.5 Å². The molecule has 18 heavy (non-hydrogen) atoms. The lowest BCUT2D eigenvalue weighted by Crippen LogP contribution is -2.20. The molecule has 0 saturated carbocycles. The third kappa shape index (κ3) is 4.92. The van der Waals surface area contributed by atoms with E-state index in [2.05, 4.69) is 53.3 Å². The number of hydrogen-bond acceptors (Lipinski definition) is 3. The van der Waals surface area contributed by atoms with Crippen molar-refractivity contribution < 1.29 is 5.11 Å². The predicted octanol–water partition coefficient (Wildman–Crippen LogP) is 3.98. The Balaban J connectivity index is 2.88. The van der Waals surface area contributed by atoms with Crippen molar-refractivity contribution in [1.29, 1.82) is 0 Å². The van der Waals surface area contributed by atoms with Gasteiger partial charge in [0.25, 0.3) is 0 Å². The van der Waals surface area contributed by atoms with Crippen molar-refractivity contribution in [3.05, 3.63) is 28.2 Å². The molecule has 0 aromatic heterocycles. The molecule has 0 fully saturated rings. The van der Waals surface area contributed by atoms with Crippen LogP contribution in [-0.2, 0) is 0 Å². The van der Waals surface area contributed by atoms with Crippen LogP contribution in [0.2, 0.25) is 0 Å². The molecule has 1 aromatic rings. The Morgan fingerprint density at radius 3 is 2.72 bits per heavy atom. The molecule has 2 atom stereocenters. The minimum Gasteiger partial charge on any atom is -0.395 e. The first-order valence-electron chi connectivity index (χ1n) is 6.38. The summed E-state index contributed by atoms with van der Waals surface area (Å²) in [6.07, 6.45) is 1.13. The van der Waals surface area contributed by atoms with Gasteiger partial charge in [-0.15, -0.1) is 11.8 Å². The standard InChI is InChI=1S/C14H22BrNOS/c1-4-7-16-11(3)13-8-12(15)5-6-14(13)18-10(2)9-17/h5-6,8,10-11,16-17H,4,7,9H2,1-3H3. The summed E-state index contributed by atoms with van der Waals surface area (Å²) in [7, 11) is 0. The largest absolute Gasteiger partial charge is 0.395 e. The number of halogens is 1. The molecule has 0 bridgehead atoms. The normalized spacial score (nSPS) is 14.5. The van der Waals surface area contributed by atoms with E-state index in [1.54, 1.807) is 11.8 Å². The maximum atomic E-state index is 9.18. The number of aliphatic hydroxyl groups excluding tert-OH is 1. The monoisotopic (exact) mass is 331 g/mol. The van der Waals surface area contributed by atoms with Gasteiger partial charge in [0.1, 0.15) is 0 Å². The zero-order chi connectivity index (χ0) is 13.5. The summed E-state index contributed by atoms with van der Waals surface area (Å²) in [6.45, 7) is 7.63. The highest BCUT2D eigenvalue weighted by molar-refractivity contribution is 9.10. The number of rotatable bonds is 7. The smallest absolute Gasteiger partial charge is 0.0550 e. The van der Waals surface area contributed by atoms with Crippen LogP contribution in [0.5, 0.6) is 0 Å². The third-order valence-corrected chi connectivity index (χ3v) is 4.39. The van der Waals surface area contributed by atoms with Crippen LogP contribution in [0.1, 0.15) is 38.8 Å². The van der Waals surface area contributed by atoms with Crippen molar-refractivity contribution in [2.75, 3.05) is 13.2 Å². The molecule has 0 aliphatic carbocycles. The van der Waals surface area contributed by atoms with E-state index in [0.29, 0.717) is 6.04 Å². The van der Waals surface area contributed by atoms with Crippen LogP contribution in [0.15, 0.2) is 27.6 Å². The van der Waals surface area contributed by atoms with E-state index in [0.717, 1.165) is 17.4 Å². The summed E-state index contributed by atoms with van der Waals surface area (Å²) >= 11 is 5.26. The lowest BCUT2D eigenvalue weighted by atomic mass is 10.1. The van der Waals surface area contributed by atoms with E-state index in [1.807, 2.05) is 6.92 Å². The van der Waals surface area contributed by atoms with E-state index in [-0.39, 0.29) is 11.9 Å². The molecule has 0 spiro atoms. The zero-order valence-electron chi connectivity index (χ0n) is 11.2. The van der Waals surface area contributed by atoms with Gasteiger partial charge in [0.05, 0.1) is 6.61 Å². The van der Waals surface area contributed by atoms with Crippen molar-refractivity contribution in [1.82, 2.24) is 5.32 Å². The van der Waals surface area contributed by atoms with Crippen LogP contribution in [0.4, 0.5) is 0 Å². The highest BCUT2D eigenvalue weighted by atomic mass is 79.9. The number of hydrogen-bond donors (Lipinski definition) is 2. The lowest BCUT2D eigenvalue weighted by molar-refractivity contribution is 0.300. The van der Waals surface area contributed by atoms with Gasteiger partial charge in [0.2, 0.25) is 0 Å². The van der Waals surface area contributed by atoms with Crippen molar-refractivity contribution in [3.8, 4) is 0 Å². The Morgan fingerprint density at radius 1 is 1.39 bits per heavy atom. The van der Waals surface area contributed by atoms with Crippen LogP contribution in [0, 0.1) is 0 Å². The molecule has 2 N–H and O–H groups in total. The highest BCUT2D eigenvalue weighted by Gasteiger charge is 2.13. The zero-order valence-corrected chi connectivity index (χ0v) is 13.6. The maximum Gasteiger partial charge on any atom is 0.0550 e. The van der Waals surface area contributed by atoms with E-state index >= 15 is 0 Å². The fourth-order valence-electron chi connectivity index (χ4n) is 1.69. The first-order valence-corrected chi connectivity index (χ1v) is 8.06. The summed E-state index contributed by atoms with van der Waals surface area (Å²) in [4.78, 5) is 1.25. The SMILES string of the molecule is CCCNC(C)c1cc(Br)ccc1SC(C)CO. The van der Waals surface area contributed by atoms with Gasteiger partial charge in [-0.2, -0.15) is 0 Å². The Bertz CT molecular complexity index is 373. The molecular formula is C14H22BrNOS. The molecule has 2 unspecified atom stereocenters. The molecular weight excluding hydrogens is 310 g/mol. The summed E-state index contributed by atoms with van der Waals surface area (Å²) in [5.74, 6) is 0. The molecule has 1 aromatic carbocycles. The minimum absolute atomic E-state index is 0.205. The molecule has 102 valence electrons. The van der Waals surface area contributed by atoms with Crippen molar-refractivity contribution in [2.45, 2.75) is 43.4 Å². The second-order valence-corrected chi connectivity index (χ2v) is 6.86. The third-order valence-electron chi connectivity index (χ3n) is 2.72. The highest BCUT2D eigenvalue weighted by Crippen LogP contribution is 2.32. The Labute approximate surface area is 123 Å². The molecule has 0 saturated heterocycles. The van der Waals surface area contributed by atoms with Gasteiger partial charge in [0.15, 0.2) is 0 Å². The van der Waals surface area contributed by atoms with Gasteiger partial charge in [-0.05, 0) is 43.7 Å². The summed E-state index contributed by atoms with van der Waals surface area (Å²) < 4.78 is 1.10. The van der Waals surface area contributed by atoms with E-state index in [4.69, 9.17) is 0 Å². The van der Waals surface area contributed by atoms with Crippen LogP contribution in [0.3, 0.4) is 0 Å². The van der Waals surface area contributed by atoms with Gasteiger partial charge in [-0.3, -0.25) is 0 Å². The lowest BCUT2D eigenvalue weighted by Gasteiger charge is -2.19. The number of benzene rings is 1. The topological polar surface area (TPSA) is 32.3 Å². The second-order valence-electron chi connectivity index (χ2n) is 4.47. The first-order chi connectivity index (χ1) is 8.58. The minimum atomic E-state index is 0.205. The van der Waals surface area contributed by atoms with Gasteiger partial charge in [-0.1, -0.05) is 29.8 Å². The second kappa shape index (κ2) is 8.20. The van der Waals surface area contributed by atoms with Gasteiger partial charge < -0.3 is 10.4 Å². The molecule has 2 nitrogen and oxygen atoms in total. The summed E-state index contributed by atoms with van der Waals surface area (Å²) in [5, 5.41) is 12.9. The van der Waals surface area contributed by atoms with Crippen molar-refractivity contribution in [2.24, 2.45) is 0 Å². The summed E-state index contributed by atoms with van der Waals surface area (Å²) in [6, 6.07) is 6.68. The molecule has 1 rings (SSSR count). The van der Waals surface area contributed by atoms with Gasteiger partial charge in [-0.25, -0.2) is 0 Å². The molecule has 4 heteroatoms. The Morgan fingerprint density at radius 2 is 2.11 bits per heavy atom. The van der Waals surface area contributed by atoms with E-state index in [1.165, 1.54) is 10.5 Å². The maximum absolute atomic E-state index is 9.18. The predicted molar refractivity (Wildman–Crippen MR) is 83.3 cm³/mol. The van der Waals surface area contributed by atoms with Crippen LogP contribution < -0.4 is 5.32 Å². The fourth-order valence-corrected chi connectivity index (χ4v) is 3.10. The van der Waals surface area contributed by atoms with E-state index < -0.39 is 0 Å². The molecule has 0 aliphatic heterocycles. The van der Waals surface area contributed by atoms with Gasteiger partial charge in [0, 0.05) is 20.7 Å². The molecule has 0 heterocycles. The number of thioether (sulfide) groups is 1. The average molecular weight is 332 g/mol. The van der Waals surface area contributed by atoms with Crippen LogP contribution >= 0.6 is 27.7 Å². The first kappa shape index (κ1) is 16.0. The number of aliphatic hydroxyl groups is 1. The quantitative estimate of drug-likeness (QED) is 0.741. The van der Waals surface area contributed by atoms with Crippen molar-refractivity contribution in [3.63, 3.8) is 0 Å². The Hall–Kier alpha value is -0.0300.